The van der Waals surface area contributed by atoms with Crippen molar-refractivity contribution in [1.82, 2.24) is 14.5 Å². The van der Waals surface area contributed by atoms with Gasteiger partial charge in [-0.05, 0) is 56.5 Å². The van der Waals surface area contributed by atoms with Crippen molar-refractivity contribution in [2.24, 2.45) is 0 Å². The topological polar surface area (TPSA) is 85.7 Å². The van der Waals surface area contributed by atoms with E-state index in [-0.39, 0.29) is 24.8 Å². The van der Waals surface area contributed by atoms with Gasteiger partial charge in [-0.3, -0.25) is 9.59 Å². The molecule has 0 aliphatic carbocycles. The van der Waals surface area contributed by atoms with E-state index in [0.717, 1.165) is 25.1 Å². The molecule has 1 aliphatic rings. The van der Waals surface area contributed by atoms with Crippen LogP contribution in [0.4, 0.5) is 5.69 Å². The molecule has 0 saturated carbocycles. The van der Waals surface area contributed by atoms with Gasteiger partial charge in [-0.15, -0.1) is 0 Å². The van der Waals surface area contributed by atoms with E-state index < -0.39 is 0 Å². The fourth-order valence-electron chi connectivity index (χ4n) is 3.89. The number of benzene rings is 2. The smallest absolute Gasteiger partial charge is 0.244 e. The average molecular weight is 497 g/mol. The SMILES string of the molecule is Cc1nccn1CCC(=O)N1CCCCCOc2ccccc2Oc2ccc(Cl)cc2NC(=O)C1. The number of carbonyl (C=O) groups excluding carboxylic acids is 2. The molecule has 9 heteroatoms. The third-order valence-corrected chi connectivity index (χ3v) is 6.03. The Morgan fingerprint density at radius 3 is 2.74 bits per heavy atom. The number of anilines is 1. The minimum atomic E-state index is -0.316. The van der Waals surface area contributed by atoms with E-state index in [1.807, 2.05) is 42.0 Å². The van der Waals surface area contributed by atoms with Crippen molar-refractivity contribution in [1.29, 1.82) is 0 Å². The third-order valence-electron chi connectivity index (χ3n) is 5.79. The second-order valence-electron chi connectivity index (χ2n) is 8.38. The summed E-state index contributed by atoms with van der Waals surface area (Å²) in [5.41, 5.74) is 0.425. The van der Waals surface area contributed by atoms with Gasteiger partial charge in [0.05, 0.1) is 18.8 Å². The molecule has 2 aromatic carbocycles. The van der Waals surface area contributed by atoms with Gasteiger partial charge in [-0.25, -0.2) is 4.98 Å². The summed E-state index contributed by atoms with van der Waals surface area (Å²) in [4.78, 5) is 31.8. The highest BCUT2D eigenvalue weighted by molar-refractivity contribution is 6.31. The molecule has 2 amide bonds. The standard InChI is InChI=1S/C26H29ClN4O4/c1-19-28-12-15-30(19)14-11-26(33)31-13-5-2-6-16-34-23-7-3-4-8-24(23)35-22-10-9-20(27)17-21(22)29-25(32)18-31/h3-4,7-10,12,15,17H,2,5-6,11,13-14,16,18H2,1H3,(H,29,32). The van der Waals surface area contributed by atoms with Crippen LogP contribution in [0.5, 0.6) is 17.2 Å². The zero-order valence-electron chi connectivity index (χ0n) is 19.7. The van der Waals surface area contributed by atoms with Crippen molar-refractivity contribution in [3.05, 3.63) is 65.7 Å². The fourth-order valence-corrected chi connectivity index (χ4v) is 4.07. The summed E-state index contributed by atoms with van der Waals surface area (Å²) in [6, 6.07) is 12.4. The van der Waals surface area contributed by atoms with Gasteiger partial charge in [0.1, 0.15) is 5.82 Å². The minimum absolute atomic E-state index is 0.0548. The number of hydrogen-bond donors (Lipinski definition) is 1. The van der Waals surface area contributed by atoms with Gasteiger partial charge >= 0.3 is 0 Å². The Morgan fingerprint density at radius 2 is 1.94 bits per heavy atom. The maximum Gasteiger partial charge on any atom is 0.244 e. The van der Waals surface area contributed by atoms with Gasteiger partial charge in [0, 0.05) is 36.9 Å². The summed E-state index contributed by atoms with van der Waals surface area (Å²) < 4.78 is 14.0. The molecule has 35 heavy (non-hydrogen) atoms. The predicted octanol–water partition coefficient (Wildman–Crippen LogP) is 5.06. The molecule has 0 atom stereocenters. The molecule has 4 rings (SSSR count). The fraction of sp³-hybridized carbons (Fsp3) is 0.346. The number of para-hydroxylation sites is 2. The zero-order valence-corrected chi connectivity index (χ0v) is 20.5. The van der Waals surface area contributed by atoms with Gasteiger partial charge in [0.2, 0.25) is 11.8 Å². The van der Waals surface area contributed by atoms with Crippen LogP contribution in [0.15, 0.2) is 54.9 Å². The van der Waals surface area contributed by atoms with Crippen LogP contribution in [0.1, 0.15) is 31.5 Å². The molecule has 0 spiro atoms. The number of aromatic nitrogens is 2. The Kier molecular flexibility index (Phi) is 8.26. The molecule has 1 N–H and O–H groups in total. The van der Waals surface area contributed by atoms with Gasteiger partial charge in [0.25, 0.3) is 0 Å². The van der Waals surface area contributed by atoms with Gasteiger partial charge in [-0.1, -0.05) is 23.7 Å². The van der Waals surface area contributed by atoms with Crippen LogP contribution < -0.4 is 14.8 Å². The molecule has 3 aromatic rings. The van der Waals surface area contributed by atoms with Crippen molar-refractivity contribution in [2.75, 3.05) is 25.0 Å². The Labute approximate surface area is 209 Å². The lowest BCUT2D eigenvalue weighted by Gasteiger charge is -2.23. The number of amides is 2. The number of aryl methyl sites for hydroxylation is 2. The van der Waals surface area contributed by atoms with E-state index >= 15 is 0 Å². The van der Waals surface area contributed by atoms with Gasteiger partial charge in [0.15, 0.2) is 17.2 Å². The predicted molar refractivity (Wildman–Crippen MR) is 134 cm³/mol. The lowest BCUT2D eigenvalue weighted by molar-refractivity contribution is -0.135. The normalized spacial score (nSPS) is 14.9. The van der Waals surface area contributed by atoms with Crippen LogP contribution in [0.3, 0.4) is 0 Å². The third kappa shape index (κ3) is 6.76. The minimum Gasteiger partial charge on any atom is -0.490 e. The summed E-state index contributed by atoms with van der Waals surface area (Å²) in [6.45, 7) is 3.37. The number of imidazole rings is 1. The summed E-state index contributed by atoms with van der Waals surface area (Å²) in [7, 11) is 0. The zero-order chi connectivity index (χ0) is 24.6. The van der Waals surface area contributed by atoms with Crippen LogP contribution in [0, 0.1) is 6.92 Å². The highest BCUT2D eigenvalue weighted by Crippen LogP contribution is 2.36. The van der Waals surface area contributed by atoms with E-state index in [0.29, 0.717) is 47.7 Å². The molecular weight excluding hydrogens is 468 g/mol. The lowest BCUT2D eigenvalue weighted by atomic mass is 10.2. The second kappa shape index (κ2) is 11.8. The van der Waals surface area contributed by atoms with Crippen molar-refractivity contribution in [3.63, 3.8) is 0 Å². The largest absolute Gasteiger partial charge is 0.490 e. The van der Waals surface area contributed by atoms with Crippen LogP contribution in [-0.2, 0) is 16.1 Å². The number of fused-ring (bicyclic) bond motifs is 2. The first-order valence-corrected chi connectivity index (χ1v) is 12.1. The summed E-state index contributed by atoms with van der Waals surface area (Å²) in [5.74, 6) is 2.06. The van der Waals surface area contributed by atoms with Crippen molar-refractivity contribution >= 4 is 29.1 Å². The van der Waals surface area contributed by atoms with E-state index in [9.17, 15) is 9.59 Å². The number of nitrogens with one attached hydrogen (secondary N) is 1. The number of hydrogen-bond acceptors (Lipinski definition) is 5. The first-order chi connectivity index (χ1) is 17.0. The molecule has 0 fully saturated rings. The number of carbonyl (C=O) groups is 2. The Bertz CT molecular complexity index is 1180. The van der Waals surface area contributed by atoms with Crippen molar-refractivity contribution in [2.45, 2.75) is 39.2 Å². The Hall–Kier alpha value is -3.52. The highest BCUT2D eigenvalue weighted by atomic mass is 35.5. The molecule has 0 saturated heterocycles. The maximum atomic E-state index is 13.0. The molecule has 8 nitrogen and oxygen atoms in total. The van der Waals surface area contributed by atoms with Crippen LogP contribution in [-0.4, -0.2) is 46.0 Å². The Balaban J connectivity index is 1.52. The monoisotopic (exact) mass is 496 g/mol. The first kappa shape index (κ1) is 24.6. The van der Waals surface area contributed by atoms with Crippen LogP contribution >= 0.6 is 11.6 Å². The number of nitrogens with zero attached hydrogens (tertiary/aromatic N) is 3. The van der Waals surface area contributed by atoms with E-state index in [1.165, 1.54) is 0 Å². The molecular formula is C26H29ClN4O4. The summed E-state index contributed by atoms with van der Waals surface area (Å²) >= 11 is 6.20. The van der Waals surface area contributed by atoms with Crippen LogP contribution in [0.2, 0.25) is 5.02 Å². The highest BCUT2D eigenvalue weighted by Gasteiger charge is 2.19. The number of rotatable bonds is 3. The maximum absolute atomic E-state index is 13.0. The number of ether oxygens (including phenoxy) is 2. The van der Waals surface area contributed by atoms with Gasteiger partial charge in [-0.2, -0.15) is 0 Å². The summed E-state index contributed by atoms with van der Waals surface area (Å²) in [6.07, 6.45) is 6.30. The van der Waals surface area contributed by atoms with Crippen LogP contribution in [0.25, 0.3) is 0 Å². The molecule has 0 unspecified atom stereocenters. The van der Waals surface area contributed by atoms with Crippen molar-refractivity contribution < 1.29 is 19.1 Å². The molecule has 0 bridgehead atoms. The molecule has 0 radical (unpaired) electrons. The summed E-state index contributed by atoms with van der Waals surface area (Å²) in [5, 5.41) is 3.32. The number of halogens is 1. The van der Waals surface area contributed by atoms with Gasteiger partial charge < -0.3 is 24.3 Å². The average Bonchev–Trinajstić information content (AvgIpc) is 3.25. The van der Waals surface area contributed by atoms with E-state index in [1.54, 1.807) is 29.3 Å². The second-order valence-corrected chi connectivity index (χ2v) is 8.82. The first-order valence-electron chi connectivity index (χ1n) is 11.7. The van der Waals surface area contributed by atoms with Crippen molar-refractivity contribution in [3.8, 4) is 17.2 Å². The quantitative estimate of drug-likeness (QED) is 0.548. The molecule has 184 valence electrons. The molecule has 1 aliphatic heterocycles. The van der Waals surface area contributed by atoms with E-state index in [4.69, 9.17) is 21.1 Å². The molecule has 2 heterocycles. The van der Waals surface area contributed by atoms with E-state index in [2.05, 4.69) is 10.3 Å². The molecule has 1 aromatic heterocycles. The Morgan fingerprint density at radius 1 is 1.11 bits per heavy atom. The lowest BCUT2D eigenvalue weighted by Crippen LogP contribution is -2.39.